The summed E-state index contributed by atoms with van der Waals surface area (Å²) in [6.07, 6.45) is 6.17. The van der Waals surface area contributed by atoms with E-state index in [4.69, 9.17) is 10.5 Å². The predicted molar refractivity (Wildman–Crippen MR) is 69.6 cm³/mol. The number of ether oxygens (including phenoxy) is 1. The van der Waals surface area contributed by atoms with Crippen LogP contribution in [0.5, 0.6) is 0 Å². The fraction of sp³-hybridized carbons (Fsp3) is 0.929. The van der Waals surface area contributed by atoms with Gasteiger partial charge in [-0.2, -0.15) is 0 Å². The molecule has 0 amide bonds. The monoisotopic (exact) mass is 241 g/mol. The van der Waals surface area contributed by atoms with Crippen molar-refractivity contribution < 1.29 is 9.53 Å². The van der Waals surface area contributed by atoms with E-state index >= 15 is 0 Å². The van der Waals surface area contributed by atoms with Gasteiger partial charge in [0.1, 0.15) is 0 Å². The lowest BCUT2D eigenvalue weighted by Crippen LogP contribution is -2.53. The molecule has 0 aromatic heterocycles. The first kappa shape index (κ1) is 14.5. The van der Waals surface area contributed by atoms with Crippen LogP contribution in [-0.2, 0) is 9.53 Å². The van der Waals surface area contributed by atoms with Crippen LogP contribution in [0, 0.1) is 11.3 Å². The Morgan fingerprint density at radius 1 is 1.41 bits per heavy atom. The molecule has 1 rings (SSSR count). The van der Waals surface area contributed by atoms with Gasteiger partial charge in [-0.3, -0.25) is 4.79 Å². The van der Waals surface area contributed by atoms with Crippen molar-refractivity contribution in [3.05, 3.63) is 0 Å². The van der Waals surface area contributed by atoms with E-state index in [-0.39, 0.29) is 16.9 Å². The molecule has 0 atom stereocenters. The standard InChI is InChI=1S/C14H27NO2/c1-5-11-6-8-14(9-7-11,13(2,3)15)10-12(16)17-4/h11H,5-10,15H2,1-4H3. The Balaban J connectivity index is 2.79. The van der Waals surface area contributed by atoms with Gasteiger partial charge in [0.2, 0.25) is 0 Å². The largest absolute Gasteiger partial charge is 0.469 e. The van der Waals surface area contributed by atoms with Gasteiger partial charge in [0.15, 0.2) is 0 Å². The van der Waals surface area contributed by atoms with Gasteiger partial charge >= 0.3 is 5.97 Å². The SMILES string of the molecule is CCC1CCC(CC(=O)OC)(C(C)(C)N)CC1. The van der Waals surface area contributed by atoms with Gasteiger partial charge < -0.3 is 10.5 Å². The van der Waals surface area contributed by atoms with Gasteiger partial charge in [0.05, 0.1) is 13.5 Å². The number of hydrogen-bond acceptors (Lipinski definition) is 3. The minimum Gasteiger partial charge on any atom is -0.469 e. The van der Waals surface area contributed by atoms with Crippen LogP contribution in [0.2, 0.25) is 0 Å². The van der Waals surface area contributed by atoms with Crippen molar-refractivity contribution in [1.29, 1.82) is 0 Å². The van der Waals surface area contributed by atoms with Gasteiger partial charge in [-0.15, -0.1) is 0 Å². The zero-order valence-electron chi connectivity index (χ0n) is 11.7. The first-order chi connectivity index (χ1) is 7.84. The van der Waals surface area contributed by atoms with Crippen molar-refractivity contribution in [3.63, 3.8) is 0 Å². The second-order valence-corrected chi connectivity index (χ2v) is 6.11. The molecule has 0 saturated heterocycles. The number of carbonyl (C=O) groups is 1. The summed E-state index contributed by atoms with van der Waals surface area (Å²) in [6, 6.07) is 0. The van der Waals surface area contributed by atoms with E-state index < -0.39 is 0 Å². The lowest BCUT2D eigenvalue weighted by Gasteiger charge is -2.48. The Labute approximate surface area is 105 Å². The molecule has 0 spiro atoms. The molecule has 100 valence electrons. The number of methoxy groups -OCH3 is 1. The third-order valence-corrected chi connectivity index (χ3v) is 4.72. The van der Waals surface area contributed by atoms with Crippen molar-refractivity contribution in [3.8, 4) is 0 Å². The first-order valence-electron chi connectivity index (χ1n) is 6.70. The molecule has 0 aromatic rings. The van der Waals surface area contributed by atoms with E-state index in [0.717, 1.165) is 18.8 Å². The van der Waals surface area contributed by atoms with Crippen LogP contribution in [0.1, 0.15) is 59.3 Å². The molecular weight excluding hydrogens is 214 g/mol. The second kappa shape index (κ2) is 5.38. The summed E-state index contributed by atoms with van der Waals surface area (Å²) in [6.45, 7) is 6.33. The van der Waals surface area contributed by atoms with Crippen LogP contribution in [0.25, 0.3) is 0 Å². The van der Waals surface area contributed by atoms with E-state index in [0.29, 0.717) is 6.42 Å². The molecule has 0 radical (unpaired) electrons. The summed E-state index contributed by atoms with van der Waals surface area (Å²) in [5.41, 5.74) is 5.93. The van der Waals surface area contributed by atoms with Crippen LogP contribution < -0.4 is 5.73 Å². The predicted octanol–water partition coefficient (Wildman–Crippen LogP) is 2.87. The zero-order chi connectivity index (χ0) is 13.1. The highest BCUT2D eigenvalue weighted by molar-refractivity contribution is 5.70. The number of nitrogens with two attached hydrogens (primary N) is 1. The topological polar surface area (TPSA) is 52.3 Å². The Hall–Kier alpha value is -0.570. The smallest absolute Gasteiger partial charge is 0.306 e. The number of carbonyl (C=O) groups excluding carboxylic acids is 1. The normalized spacial score (nSPS) is 30.1. The summed E-state index contributed by atoms with van der Waals surface area (Å²) in [5, 5.41) is 0. The summed E-state index contributed by atoms with van der Waals surface area (Å²) in [4.78, 5) is 11.6. The average Bonchev–Trinajstić information content (AvgIpc) is 2.28. The molecule has 0 heterocycles. The lowest BCUT2D eigenvalue weighted by molar-refractivity contribution is -0.145. The van der Waals surface area contributed by atoms with Gasteiger partial charge in [0, 0.05) is 5.54 Å². The Morgan fingerprint density at radius 2 is 1.94 bits per heavy atom. The average molecular weight is 241 g/mol. The maximum absolute atomic E-state index is 11.6. The fourth-order valence-corrected chi connectivity index (χ4v) is 3.04. The molecule has 0 unspecified atom stereocenters. The van der Waals surface area contributed by atoms with E-state index in [1.54, 1.807) is 0 Å². The van der Waals surface area contributed by atoms with E-state index in [9.17, 15) is 4.79 Å². The lowest BCUT2D eigenvalue weighted by atomic mass is 9.59. The molecule has 1 aliphatic rings. The maximum Gasteiger partial charge on any atom is 0.306 e. The summed E-state index contributed by atoms with van der Waals surface area (Å²) in [5.74, 6) is 0.682. The van der Waals surface area contributed by atoms with Crippen LogP contribution in [0.3, 0.4) is 0 Å². The molecule has 17 heavy (non-hydrogen) atoms. The summed E-state index contributed by atoms with van der Waals surface area (Å²) < 4.78 is 4.83. The molecule has 1 fully saturated rings. The van der Waals surface area contributed by atoms with Crippen LogP contribution in [0.4, 0.5) is 0 Å². The Bertz CT molecular complexity index is 260. The molecule has 1 saturated carbocycles. The first-order valence-corrected chi connectivity index (χ1v) is 6.70. The third-order valence-electron chi connectivity index (χ3n) is 4.72. The highest BCUT2D eigenvalue weighted by Gasteiger charge is 2.46. The van der Waals surface area contributed by atoms with E-state index in [1.165, 1.54) is 26.4 Å². The van der Waals surface area contributed by atoms with Gasteiger partial charge in [-0.25, -0.2) is 0 Å². The molecule has 3 nitrogen and oxygen atoms in total. The third kappa shape index (κ3) is 3.21. The maximum atomic E-state index is 11.6. The number of hydrogen-bond donors (Lipinski definition) is 1. The van der Waals surface area contributed by atoms with Gasteiger partial charge in [-0.1, -0.05) is 13.3 Å². The van der Waals surface area contributed by atoms with Crippen molar-refractivity contribution in [2.24, 2.45) is 17.1 Å². The van der Waals surface area contributed by atoms with Crippen molar-refractivity contribution in [2.75, 3.05) is 7.11 Å². The van der Waals surface area contributed by atoms with Crippen molar-refractivity contribution in [2.45, 2.75) is 64.8 Å². The Kier molecular flexibility index (Phi) is 4.59. The van der Waals surface area contributed by atoms with Crippen LogP contribution >= 0.6 is 0 Å². The highest BCUT2D eigenvalue weighted by atomic mass is 16.5. The quantitative estimate of drug-likeness (QED) is 0.770. The summed E-state index contributed by atoms with van der Waals surface area (Å²) in [7, 11) is 1.46. The summed E-state index contributed by atoms with van der Waals surface area (Å²) >= 11 is 0. The van der Waals surface area contributed by atoms with E-state index in [1.807, 2.05) is 13.8 Å². The van der Waals surface area contributed by atoms with Gasteiger partial charge in [0.25, 0.3) is 0 Å². The molecule has 2 N–H and O–H groups in total. The second-order valence-electron chi connectivity index (χ2n) is 6.11. The van der Waals surface area contributed by atoms with Crippen molar-refractivity contribution >= 4 is 5.97 Å². The van der Waals surface area contributed by atoms with Crippen LogP contribution in [0.15, 0.2) is 0 Å². The molecular formula is C14H27NO2. The Morgan fingerprint density at radius 3 is 2.29 bits per heavy atom. The fourth-order valence-electron chi connectivity index (χ4n) is 3.04. The number of rotatable bonds is 4. The van der Waals surface area contributed by atoms with Crippen molar-refractivity contribution in [1.82, 2.24) is 0 Å². The molecule has 0 aromatic carbocycles. The minimum atomic E-state index is -0.320. The number of esters is 1. The van der Waals surface area contributed by atoms with Crippen LogP contribution in [-0.4, -0.2) is 18.6 Å². The molecule has 0 bridgehead atoms. The molecule has 3 heteroatoms. The zero-order valence-corrected chi connectivity index (χ0v) is 11.7. The minimum absolute atomic E-state index is 0.0776. The molecule has 0 aliphatic heterocycles. The van der Waals surface area contributed by atoms with E-state index in [2.05, 4.69) is 6.92 Å². The molecule has 1 aliphatic carbocycles. The van der Waals surface area contributed by atoms with Gasteiger partial charge in [-0.05, 0) is 50.9 Å². The highest BCUT2D eigenvalue weighted by Crippen LogP contribution is 2.48.